The summed E-state index contributed by atoms with van der Waals surface area (Å²) in [5.41, 5.74) is 3.09. The lowest BCUT2D eigenvalue weighted by Gasteiger charge is -2.38. The molecular formula is C30H50O4. The molecule has 2 rings (SSSR count). The fraction of sp³-hybridized carbons (Fsp3) is 0.767. The maximum absolute atomic E-state index is 10.9. The molecule has 1 aromatic carbocycles. The van der Waals surface area contributed by atoms with Crippen LogP contribution in [0.25, 0.3) is 0 Å². The van der Waals surface area contributed by atoms with Gasteiger partial charge in [0.15, 0.2) is 6.61 Å². The first-order valence-electron chi connectivity index (χ1n) is 13.7. The van der Waals surface area contributed by atoms with E-state index in [0.717, 1.165) is 53.9 Å². The number of carbonyl (C=O) groups is 1. The molecule has 0 aliphatic carbocycles. The molecule has 1 heterocycles. The van der Waals surface area contributed by atoms with Crippen LogP contribution in [0.1, 0.15) is 116 Å². The number of carboxylic acid groups (broad SMARTS) is 1. The molecular weight excluding hydrogens is 424 g/mol. The minimum Gasteiger partial charge on any atom is -0.487 e. The van der Waals surface area contributed by atoms with Crippen LogP contribution < -0.4 is 9.47 Å². The van der Waals surface area contributed by atoms with Crippen molar-refractivity contribution in [2.45, 2.75) is 125 Å². The summed E-state index contributed by atoms with van der Waals surface area (Å²) in [6.45, 7) is 15.5. The highest BCUT2D eigenvalue weighted by molar-refractivity contribution is 5.68. The van der Waals surface area contributed by atoms with Gasteiger partial charge in [-0.15, -0.1) is 0 Å². The first kappa shape index (κ1) is 28.5. The van der Waals surface area contributed by atoms with Crippen molar-refractivity contribution in [1.29, 1.82) is 0 Å². The lowest BCUT2D eigenvalue weighted by Crippen LogP contribution is -2.37. The van der Waals surface area contributed by atoms with Gasteiger partial charge in [0.1, 0.15) is 17.1 Å². The highest BCUT2D eigenvalue weighted by Crippen LogP contribution is 2.43. The summed E-state index contributed by atoms with van der Waals surface area (Å²) >= 11 is 0. The topological polar surface area (TPSA) is 55.8 Å². The third-order valence-corrected chi connectivity index (χ3v) is 7.68. The SMILES string of the molecule is Cc1cc(OCC(=O)O)c(C)c2c1O[C@](C)(CCC[C@H](C)CCC[C@H](C)CCCC(C)C)CC2. The van der Waals surface area contributed by atoms with Crippen LogP contribution in [0.2, 0.25) is 0 Å². The number of rotatable bonds is 15. The van der Waals surface area contributed by atoms with Crippen LogP contribution in [0.5, 0.6) is 11.5 Å². The van der Waals surface area contributed by atoms with E-state index in [1.54, 1.807) is 0 Å². The third-order valence-electron chi connectivity index (χ3n) is 7.68. The number of aliphatic carboxylic acids is 1. The zero-order valence-corrected chi connectivity index (χ0v) is 23.0. The van der Waals surface area contributed by atoms with Gasteiger partial charge in [0.05, 0.1) is 0 Å². The third kappa shape index (κ3) is 9.15. The Morgan fingerprint density at radius 1 is 1.03 bits per heavy atom. The molecule has 0 amide bonds. The average molecular weight is 475 g/mol. The Kier molecular flexibility index (Phi) is 11.2. The molecule has 3 atom stereocenters. The predicted molar refractivity (Wildman–Crippen MR) is 141 cm³/mol. The molecule has 4 heteroatoms. The maximum atomic E-state index is 10.9. The molecule has 0 bridgehead atoms. The molecule has 0 fully saturated rings. The second-order valence-corrected chi connectivity index (χ2v) is 11.7. The molecule has 0 spiro atoms. The van der Waals surface area contributed by atoms with Crippen molar-refractivity contribution in [2.75, 3.05) is 6.61 Å². The average Bonchev–Trinajstić information content (AvgIpc) is 2.74. The second-order valence-electron chi connectivity index (χ2n) is 11.7. The number of benzene rings is 1. The second kappa shape index (κ2) is 13.4. The van der Waals surface area contributed by atoms with E-state index < -0.39 is 5.97 Å². The Morgan fingerprint density at radius 2 is 1.62 bits per heavy atom. The van der Waals surface area contributed by atoms with Crippen LogP contribution in [-0.4, -0.2) is 23.3 Å². The Balaban J connectivity index is 1.77. The van der Waals surface area contributed by atoms with Crippen LogP contribution in [0.3, 0.4) is 0 Å². The highest BCUT2D eigenvalue weighted by atomic mass is 16.5. The van der Waals surface area contributed by atoms with Gasteiger partial charge in [-0.1, -0.05) is 72.6 Å². The van der Waals surface area contributed by atoms with E-state index in [4.69, 9.17) is 14.6 Å². The molecule has 0 radical (unpaired) electrons. The Morgan fingerprint density at radius 3 is 2.21 bits per heavy atom. The van der Waals surface area contributed by atoms with Gasteiger partial charge in [0, 0.05) is 5.56 Å². The number of carboxylic acids is 1. The quantitative estimate of drug-likeness (QED) is 0.278. The number of fused-ring (bicyclic) bond motifs is 1. The van der Waals surface area contributed by atoms with Crippen molar-refractivity contribution in [2.24, 2.45) is 17.8 Å². The maximum Gasteiger partial charge on any atom is 0.341 e. The Labute approximate surface area is 208 Å². The summed E-state index contributed by atoms with van der Waals surface area (Å²) in [6, 6.07) is 1.93. The van der Waals surface area contributed by atoms with Crippen LogP contribution in [0.15, 0.2) is 6.07 Å². The first-order chi connectivity index (χ1) is 16.0. The van der Waals surface area contributed by atoms with E-state index in [-0.39, 0.29) is 12.2 Å². The van der Waals surface area contributed by atoms with Crippen LogP contribution in [0.4, 0.5) is 0 Å². The van der Waals surface area contributed by atoms with Crippen molar-refractivity contribution < 1.29 is 19.4 Å². The minimum absolute atomic E-state index is 0.127. The van der Waals surface area contributed by atoms with Gasteiger partial charge in [0.25, 0.3) is 0 Å². The van der Waals surface area contributed by atoms with Crippen molar-refractivity contribution in [3.63, 3.8) is 0 Å². The van der Waals surface area contributed by atoms with Crippen molar-refractivity contribution in [3.8, 4) is 11.5 Å². The van der Waals surface area contributed by atoms with Crippen molar-refractivity contribution >= 4 is 5.97 Å². The molecule has 34 heavy (non-hydrogen) atoms. The van der Waals surface area contributed by atoms with Crippen LogP contribution in [-0.2, 0) is 11.2 Å². The zero-order chi connectivity index (χ0) is 25.3. The largest absolute Gasteiger partial charge is 0.487 e. The molecule has 194 valence electrons. The summed E-state index contributed by atoms with van der Waals surface area (Å²) in [6.07, 6.45) is 13.7. The summed E-state index contributed by atoms with van der Waals surface area (Å²) < 4.78 is 12.1. The molecule has 1 aliphatic heterocycles. The van der Waals surface area contributed by atoms with Gasteiger partial charge in [-0.25, -0.2) is 4.79 Å². The van der Waals surface area contributed by atoms with E-state index in [1.807, 2.05) is 19.9 Å². The van der Waals surface area contributed by atoms with Crippen molar-refractivity contribution in [3.05, 3.63) is 22.8 Å². The summed E-state index contributed by atoms with van der Waals surface area (Å²) in [4.78, 5) is 10.9. The Bertz CT molecular complexity index is 785. The van der Waals surface area contributed by atoms with E-state index >= 15 is 0 Å². The summed E-state index contributed by atoms with van der Waals surface area (Å²) in [5.74, 6) is 3.16. The van der Waals surface area contributed by atoms with Crippen LogP contribution >= 0.6 is 0 Å². The fourth-order valence-electron chi connectivity index (χ4n) is 5.33. The minimum atomic E-state index is -0.955. The van der Waals surface area contributed by atoms with Gasteiger partial charge in [-0.2, -0.15) is 0 Å². The van der Waals surface area contributed by atoms with Gasteiger partial charge >= 0.3 is 5.97 Å². The fourth-order valence-corrected chi connectivity index (χ4v) is 5.33. The number of hydrogen-bond donors (Lipinski definition) is 1. The normalized spacial score (nSPS) is 19.4. The van der Waals surface area contributed by atoms with Gasteiger partial charge in [-0.3, -0.25) is 0 Å². The monoisotopic (exact) mass is 474 g/mol. The molecule has 0 saturated heterocycles. The van der Waals surface area contributed by atoms with E-state index in [0.29, 0.717) is 5.75 Å². The summed E-state index contributed by atoms with van der Waals surface area (Å²) in [7, 11) is 0. The molecule has 0 saturated carbocycles. The number of hydrogen-bond acceptors (Lipinski definition) is 3. The number of ether oxygens (including phenoxy) is 2. The molecule has 1 aliphatic rings. The Hall–Kier alpha value is -1.71. The van der Waals surface area contributed by atoms with Gasteiger partial charge < -0.3 is 14.6 Å². The van der Waals surface area contributed by atoms with E-state index in [9.17, 15) is 4.79 Å². The molecule has 0 unspecified atom stereocenters. The van der Waals surface area contributed by atoms with Gasteiger partial charge in [-0.05, 0) is 81.4 Å². The molecule has 0 aromatic heterocycles. The first-order valence-corrected chi connectivity index (χ1v) is 13.7. The smallest absolute Gasteiger partial charge is 0.341 e. The highest BCUT2D eigenvalue weighted by Gasteiger charge is 2.33. The van der Waals surface area contributed by atoms with Crippen LogP contribution in [0, 0.1) is 31.6 Å². The van der Waals surface area contributed by atoms with E-state index in [1.165, 1.54) is 56.9 Å². The number of aryl methyl sites for hydroxylation is 1. The lowest BCUT2D eigenvalue weighted by atomic mass is 9.84. The molecule has 1 aromatic rings. The van der Waals surface area contributed by atoms with E-state index in [2.05, 4.69) is 34.6 Å². The van der Waals surface area contributed by atoms with Gasteiger partial charge in [0.2, 0.25) is 0 Å². The van der Waals surface area contributed by atoms with Crippen molar-refractivity contribution in [1.82, 2.24) is 0 Å². The molecule has 1 N–H and O–H groups in total. The zero-order valence-electron chi connectivity index (χ0n) is 23.0. The molecule has 4 nitrogen and oxygen atoms in total. The summed E-state index contributed by atoms with van der Waals surface area (Å²) in [5, 5.41) is 8.93. The predicted octanol–water partition coefficient (Wildman–Crippen LogP) is 8.29. The standard InChI is InChI=1S/C30H50O4/c1-21(2)11-8-12-22(3)13-9-14-23(4)15-10-17-30(7)18-16-26-25(6)27(33-20-28(31)32)19-24(5)29(26)34-30/h19,21-23H,8-18,20H2,1-7H3,(H,31,32)/t22-,23-,30-/m1/s1. The lowest BCUT2D eigenvalue weighted by molar-refractivity contribution is -0.139.